The van der Waals surface area contributed by atoms with Crippen LogP contribution in [0.3, 0.4) is 0 Å². The summed E-state index contributed by atoms with van der Waals surface area (Å²) in [5, 5.41) is 6.00. The molecule has 4 aromatic rings. The van der Waals surface area contributed by atoms with Crippen LogP contribution in [0.4, 0.5) is 0 Å². The smallest absolute Gasteiger partial charge is 0.165 e. The fourth-order valence-electron chi connectivity index (χ4n) is 4.76. The van der Waals surface area contributed by atoms with Gasteiger partial charge in [-0.1, -0.05) is 24.6 Å². The third-order valence-corrected chi connectivity index (χ3v) is 6.25. The van der Waals surface area contributed by atoms with E-state index in [-0.39, 0.29) is 11.7 Å². The summed E-state index contributed by atoms with van der Waals surface area (Å²) >= 11 is 0. The second kappa shape index (κ2) is 7.38. The molecule has 0 aliphatic carbocycles. The summed E-state index contributed by atoms with van der Waals surface area (Å²) in [6.45, 7) is 15.0. The summed E-state index contributed by atoms with van der Waals surface area (Å²) in [5.41, 5.74) is 9.89. The molecule has 0 aliphatic heterocycles. The van der Waals surface area contributed by atoms with Gasteiger partial charge >= 0.3 is 0 Å². The van der Waals surface area contributed by atoms with E-state index in [4.69, 9.17) is 10.1 Å². The molecule has 0 N–H and O–H groups in total. The molecule has 0 saturated heterocycles. The summed E-state index contributed by atoms with van der Waals surface area (Å²) in [6, 6.07) is 6.53. The van der Waals surface area contributed by atoms with Crippen molar-refractivity contribution in [2.24, 2.45) is 5.92 Å². The van der Waals surface area contributed by atoms with Gasteiger partial charge in [0.05, 0.1) is 17.0 Å². The van der Waals surface area contributed by atoms with Gasteiger partial charge in [0.15, 0.2) is 5.65 Å². The lowest BCUT2D eigenvalue weighted by atomic mass is 9.94. The zero-order chi connectivity index (χ0) is 21.7. The third-order valence-electron chi connectivity index (χ3n) is 6.25. The topological polar surface area (TPSA) is 52.2 Å². The number of aromatic nitrogens is 4. The minimum Gasteiger partial charge on any atom is -0.332 e. The highest BCUT2D eigenvalue weighted by Gasteiger charge is 2.22. The number of nitrogens with zero attached hydrogens (tertiary/aromatic N) is 4. The van der Waals surface area contributed by atoms with Crippen molar-refractivity contribution in [3.05, 3.63) is 52.5 Å². The SMILES string of the molecule is CCC(Cn1ccc2c(C)nc3c(-c4c(C)cc(C)cc4C)c(C)nn3c21)C(C)=O. The van der Waals surface area contributed by atoms with Crippen LogP contribution < -0.4 is 0 Å². The van der Waals surface area contributed by atoms with Crippen LogP contribution in [0.1, 0.15) is 48.3 Å². The second-order valence-corrected chi connectivity index (χ2v) is 8.59. The van der Waals surface area contributed by atoms with E-state index in [9.17, 15) is 4.79 Å². The molecule has 0 spiro atoms. The molecule has 3 aromatic heterocycles. The Morgan fingerprint density at radius 2 is 1.70 bits per heavy atom. The van der Waals surface area contributed by atoms with Gasteiger partial charge in [0.1, 0.15) is 11.4 Å². The maximum Gasteiger partial charge on any atom is 0.165 e. The lowest BCUT2D eigenvalue weighted by Gasteiger charge is -2.14. The number of rotatable bonds is 5. The Morgan fingerprint density at radius 3 is 2.30 bits per heavy atom. The Kier molecular flexibility index (Phi) is 5.00. The number of Topliss-reactive ketones (excluding diaryl/α,β-unsaturated/α-hetero) is 1. The fourth-order valence-corrected chi connectivity index (χ4v) is 4.76. The van der Waals surface area contributed by atoms with Crippen LogP contribution >= 0.6 is 0 Å². The molecule has 5 nitrogen and oxygen atoms in total. The van der Waals surface area contributed by atoms with Crippen molar-refractivity contribution in [1.82, 2.24) is 19.2 Å². The lowest BCUT2D eigenvalue weighted by molar-refractivity contribution is -0.121. The van der Waals surface area contributed by atoms with E-state index < -0.39 is 0 Å². The summed E-state index contributed by atoms with van der Waals surface area (Å²) in [4.78, 5) is 17.0. The monoisotopic (exact) mass is 402 g/mol. The summed E-state index contributed by atoms with van der Waals surface area (Å²) < 4.78 is 4.14. The Labute approximate surface area is 177 Å². The zero-order valence-electron chi connectivity index (χ0n) is 19.0. The fraction of sp³-hybridized carbons (Fsp3) is 0.400. The highest BCUT2D eigenvalue weighted by Crippen LogP contribution is 2.35. The van der Waals surface area contributed by atoms with Gasteiger partial charge in [0.2, 0.25) is 0 Å². The predicted molar refractivity (Wildman–Crippen MR) is 122 cm³/mol. The van der Waals surface area contributed by atoms with E-state index >= 15 is 0 Å². The van der Waals surface area contributed by atoms with Crippen LogP contribution in [0.5, 0.6) is 0 Å². The first-order chi connectivity index (χ1) is 14.2. The minimum absolute atomic E-state index is 0.00170. The van der Waals surface area contributed by atoms with E-state index in [0.29, 0.717) is 6.54 Å². The van der Waals surface area contributed by atoms with Gasteiger partial charge in [-0.15, -0.1) is 0 Å². The Morgan fingerprint density at radius 1 is 1.03 bits per heavy atom. The second-order valence-electron chi connectivity index (χ2n) is 8.59. The molecule has 0 saturated carbocycles. The molecule has 0 bridgehead atoms. The van der Waals surface area contributed by atoms with Gasteiger partial charge in [-0.05, 0) is 70.7 Å². The first-order valence-corrected chi connectivity index (χ1v) is 10.7. The largest absolute Gasteiger partial charge is 0.332 e. The van der Waals surface area contributed by atoms with Crippen molar-refractivity contribution < 1.29 is 4.79 Å². The van der Waals surface area contributed by atoms with Crippen LogP contribution in [0.2, 0.25) is 0 Å². The van der Waals surface area contributed by atoms with Crippen molar-refractivity contribution in [3.8, 4) is 11.1 Å². The number of hydrogen-bond donors (Lipinski definition) is 0. The highest BCUT2D eigenvalue weighted by atomic mass is 16.1. The average molecular weight is 403 g/mol. The van der Waals surface area contributed by atoms with Crippen molar-refractivity contribution >= 4 is 22.5 Å². The van der Waals surface area contributed by atoms with Crippen LogP contribution in [0.15, 0.2) is 24.4 Å². The van der Waals surface area contributed by atoms with Crippen molar-refractivity contribution in [1.29, 1.82) is 0 Å². The van der Waals surface area contributed by atoms with Crippen molar-refractivity contribution in [2.45, 2.75) is 61.4 Å². The number of aryl methyl sites for hydroxylation is 5. The Balaban J connectivity index is 2.02. The van der Waals surface area contributed by atoms with Gasteiger partial charge < -0.3 is 4.57 Å². The molecule has 1 atom stereocenters. The molecule has 30 heavy (non-hydrogen) atoms. The maximum absolute atomic E-state index is 12.1. The summed E-state index contributed by atoms with van der Waals surface area (Å²) in [5.74, 6) is 0.228. The first kappa shape index (κ1) is 20.3. The van der Waals surface area contributed by atoms with E-state index in [2.05, 4.69) is 70.5 Å². The number of ketones is 1. The molecule has 1 unspecified atom stereocenters. The lowest BCUT2D eigenvalue weighted by Crippen LogP contribution is -2.17. The van der Waals surface area contributed by atoms with Crippen LogP contribution in [-0.4, -0.2) is 24.9 Å². The van der Waals surface area contributed by atoms with Crippen molar-refractivity contribution in [2.75, 3.05) is 0 Å². The minimum atomic E-state index is 0.00170. The maximum atomic E-state index is 12.1. The standard InChI is InChI=1S/C25H30N4O/c1-8-20(19(7)30)13-28-10-9-21-17(5)26-24-23(18(6)27-29(24)25(21)28)22-15(3)11-14(2)12-16(22)4/h9-12,20H,8,13H2,1-7H3. The van der Waals surface area contributed by atoms with E-state index in [0.717, 1.165) is 40.1 Å². The molecular formula is C25H30N4O. The predicted octanol–water partition coefficient (Wildman–Crippen LogP) is 5.51. The highest BCUT2D eigenvalue weighted by molar-refractivity contribution is 5.89. The van der Waals surface area contributed by atoms with E-state index in [1.165, 1.54) is 22.3 Å². The third kappa shape index (κ3) is 3.13. The molecule has 0 radical (unpaired) electrons. The first-order valence-electron chi connectivity index (χ1n) is 10.7. The van der Waals surface area contributed by atoms with E-state index in [1.54, 1.807) is 6.92 Å². The van der Waals surface area contributed by atoms with Gasteiger partial charge in [-0.3, -0.25) is 4.79 Å². The number of hydrogen-bond acceptors (Lipinski definition) is 3. The quantitative estimate of drug-likeness (QED) is 0.442. The molecule has 0 aliphatic rings. The van der Waals surface area contributed by atoms with Crippen LogP contribution in [-0.2, 0) is 11.3 Å². The molecule has 3 heterocycles. The summed E-state index contributed by atoms with van der Waals surface area (Å²) in [6.07, 6.45) is 2.89. The molecule has 0 amide bonds. The van der Waals surface area contributed by atoms with Crippen LogP contribution in [0.25, 0.3) is 27.8 Å². The molecule has 0 fully saturated rings. The Bertz CT molecular complexity index is 1270. The summed E-state index contributed by atoms with van der Waals surface area (Å²) in [7, 11) is 0. The molecule has 4 rings (SSSR count). The molecular weight excluding hydrogens is 372 g/mol. The van der Waals surface area contributed by atoms with Gasteiger partial charge in [0.25, 0.3) is 0 Å². The number of carbonyl (C=O) groups is 1. The van der Waals surface area contributed by atoms with Crippen molar-refractivity contribution in [3.63, 3.8) is 0 Å². The molecule has 5 heteroatoms. The van der Waals surface area contributed by atoms with Gasteiger partial charge in [0, 0.05) is 24.0 Å². The zero-order valence-corrected chi connectivity index (χ0v) is 19.0. The average Bonchev–Trinajstić information content (AvgIpc) is 3.21. The number of fused-ring (bicyclic) bond motifs is 3. The number of benzene rings is 1. The molecule has 1 aromatic carbocycles. The van der Waals surface area contributed by atoms with Crippen LogP contribution in [0, 0.1) is 40.5 Å². The normalized spacial score (nSPS) is 12.8. The van der Waals surface area contributed by atoms with Gasteiger partial charge in [-0.25, -0.2) is 4.98 Å². The van der Waals surface area contributed by atoms with E-state index in [1.807, 2.05) is 4.52 Å². The number of carbonyl (C=O) groups excluding carboxylic acids is 1. The molecule has 156 valence electrons. The van der Waals surface area contributed by atoms with Gasteiger partial charge in [-0.2, -0.15) is 9.61 Å². The Hall–Kier alpha value is -2.95.